The first-order chi connectivity index (χ1) is 27.2. The number of fused-ring (bicyclic) bond motifs is 9. The minimum atomic E-state index is 0.939. The highest BCUT2D eigenvalue weighted by Gasteiger charge is 2.23. The van der Waals surface area contributed by atoms with Gasteiger partial charge in [0.05, 0.1) is 0 Å². The van der Waals surface area contributed by atoms with Gasteiger partial charge in [-0.3, -0.25) is 0 Å². The van der Waals surface area contributed by atoms with Crippen LogP contribution in [0.1, 0.15) is 11.1 Å². The topological polar surface area (TPSA) is 0 Å². The first kappa shape index (κ1) is 31.5. The van der Waals surface area contributed by atoms with Crippen LogP contribution in [0.2, 0.25) is 0 Å². The maximum absolute atomic E-state index is 2.43. The molecule has 10 aromatic rings. The monoisotopic (exact) mass is 696 g/mol. The molecule has 11 rings (SSSR count). The molecule has 0 radical (unpaired) electrons. The quantitative estimate of drug-likeness (QED) is 0.157. The molecule has 1 aliphatic rings. The Morgan fingerprint density at radius 2 is 0.655 bits per heavy atom. The third-order valence-corrected chi connectivity index (χ3v) is 11.7. The minimum Gasteiger partial charge on any atom is -0.0622 e. The molecule has 0 unspecified atom stereocenters. The lowest BCUT2D eigenvalue weighted by atomic mass is 9.88. The summed E-state index contributed by atoms with van der Waals surface area (Å²) in [4.78, 5) is 0. The van der Waals surface area contributed by atoms with E-state index in [0.29, 0.717) is 0 Å². The summed E-state index contributed by atoms with van der Waals surface area (Å²) in [6.07, 6.45) is 0.939. The standard InChI is InChI=1S/C55H36/c1-2-12-36(13-3-1)37-24-26-38(27-25-37)39-15-10-17-41(30-39)45-34-52(55-33-44-14-4-5-19-46(44)53(55)35-45)43-18-11-16-40(31-43)42-28-29-51-49-22-7-6-20-47(49)48-21-8-9-23-50(48)54(51)32-42/h1-32,34-35H,33H2. The Kier molecular flexibility index (Phi) is 7.35. The molecular weight excluding hydrogens is 661 g/mol. The second-order valence-corrected chi connectivity index (χ2v) is 14.8. The van der Waals surface area contributed by atoms with E-state index >= 15 is 0 Å². The Morgan fingerprint density at radius 1 is 0.218 bits per heavy atom. The van der Waals surface area contributed by atoms with Gasteiger partial charge in [-0.15, -0.1) is 0 Å². The van der Waals surface area contributed by atoms with Gasteiger partial charge in [0.2, 0.25) is 0 Å². The van der Waals surface area contributed by atoms with Crippen molar-refractivity contribution >= 4 is 32.3 Å². The van der Waals surface area contributed by atoms with Gasteiger partial charge in [0.25, 0.3) is 0 Å². The van der Waals surface area contributed by atoms with Gasteiger partial charge >= 0.3 is 0 Å². The number of hydrogen-bond donors (Lipinski definition) is 0. The molecule has 0 saturated heterocycles. The Labute approximate surface area is 321 Å². The normalized spacial score (nSPS) is 11.9. The zero-order valence-electron chi connectivity index (χ0n) is 30.3. The molecule has 0 N–H and O–H groups in total. The lowest BCUT2D eigenvalue weighted by Gasteiger charge is -2.16. The summed E-state index contributed by atoms with van der Waals surface area (Å²) in [6, 6.07) is 76.2. The number of hydrogen-bond acceptors (Lipinski definition) is 0. The fraction of sp³-hybridized carbons (Fsp3) is 0.0182. The summed E-state index contributed by atoms with van der Waals surface area (Å²) < 4.78 is 0. The van der Waals surface area contributed by atoms with Gasteiger partial charge in [-0.05, 0) is 147 Å². The van der Waals surface area contributed by atoms with Crippen molar-refractivity contribution in [2.24, 2.45) is 0 Å². The van der Waals surface area contributed by atoms with E-state index in [-0.39, 0.29) is 0 Å². The lowest BCUT2D eigenvalue weighted by molar-refractivity contribution is 1.26. The van der Waals surface area contributed by atoms with E-state index in [1.165, 1.54) is 110 Å². The fourth-order valence-corrected chi connectivity index (χ4v) is 8.97. The molecule has 0 heterocycles. The van der Waals surface area contributed by atoms with Crippen molar-refractivity contribution in [3.8, 4) is 66.8 Å². The molecule has 0 heteroatoms. The maximum Gasteiger partial charge on any atom is -0.000728 e. The third-order valence-electron chi connectivity index (χ3n) is 11.7. The number of rotatable bonds is 5. The Bertz CT molecular complexity index is 3060. The molecule has 0 aliphatic heterocycles. The highest BCUT2D eigenvalue weighted by molar-refractivity contribution is 6.25. The van der Waals surface area contributed by atoms with Gasteiger partial charge in [-0.25, -0.2) is 0 Å². The summed E-state index contributed by atoms with van der Waals surface area (Å²) in [5.74, 6) is 0. The highest BCUT2D eigenvalue weighted by Crippen LogP contribution is 2.45. The Balaban J connectivity index is 1.03. The largest absolute Gasteiger partial charge is 0.0622 e. The van der Waals surface area contributed by atoms with Crippen LogP contribution in [0.25, 0.3) is 99.1 Å². The molecule has 0 aromatic heterocycles. The Morgan fingerprint density at radius 3 is 1.36 bits per heavy atom. The summed E-state index contributed by atoms with van der Waals surface area (Å²) >= 11 is 0. The molecule has 0 amide bonds. The first-order valence-corrected chi connectivity index (χ1v) is 19.2. The molecule has 256 valence electrons. The molecule has 0 atom stereocenters. The zero-order chi connectivity index (χ0) is 36.3. The summed E-state index contributed by atoms with van der Waals surface area (Å²) in [5.41, 5.74) is 17.9. The number of benzene rings is 10. The molecule has 0 saturated carbocycles. The minimum absolute atomic E-state index is 0.939. The van der Waals surface area contributed by atoms with Crippen LogP contribution in [-0.4, -0.2) is 0 Å². The van der Waals surface area contributed by atoms with Crippen LogP contribution in [0.3, 0.4) is 0 Å². The van der Waals surface area contributed by atoms with Crippen molar-refractivity contribution in [1.29, 1.82) is 0 Å². The SMILES string of the molecule is c1ccc(-c2ccc(-c3cccc(-c4cc(-c5cccc(-c6ccc7c8ccccc8c8ccccc8c7c6)c5)c5c(c4)-c4ccccc4C5)c3)cc2)cc1. The molecule has 0 nitrogen and oxygen atoms in total. The van der Waals surface area contributed by atoms with Gasteiger partial charge in [0.1, 0.15) is 0 Å². The molecule has 10 aromatic carbocycles. The van der Waals surface area contributed by atoms with Crippen molar-refractivity contribution in [3.05, 3.63) is 217 Å². The van der Waals surface area contributed by atoms with Crippen LogP contribution in [0.5, 0.6) is 0 Å². The second kappa shape index (κ2) is 12.8. The van der Waals surface area contributed by atoms with E-state index in [1.54, 1.807) is 0 Å². The van der Waals surface area contributed by atoms with Crippen LogP contribution in [0.15, 0.2) is 206 Å². The summed E-state index contributed by atoms with van der Waals surface area (Å²) in [7, 11) is 0. The predicted octanol–water partition coefficient (Wildman–Crippen LogP) is 15.1. The first-order valence-electron chi connectivity index (χ1n) is 19.2. The molecular formula is C55H36. The van der Waals surface area contributed by atoms with E-state index in [0.717, 1.165) is 6.42 Å². The van der Waals surface area contributed by atoms with Crippen molar-refractivity contribution in [2.45, 2.75) is 6.42 Å². The zero-order valence-corrected chi connectivity index (χ0v) is 30.3. The molecule has 55 heavy (non-hydrogen) atoms. The van der Waals surface area contributed by atoms with Crippen molar-refractivity contribution in [2.75, 3.05) is 0 Å². The van der Waals surface area contributed by atoms with Crippen LogP contribution in [-0.2, 0) is 6.42 Å². The van der Waals surface area contributed by atoms with Gasteiger partial charge in [0.15, 0.2) is 0 Å². The van der Waals surface area contributed by atoms with E-state index in [4.69, 9.17) is 0 Å². The second-order valence-electron chi connectivity index (χ2n) is 14.8. The van der Waals surface area contributed by atoms with Crippen LogP contribution >= 0.6 is 0 Å². The van der Waals surface area contributed by atoms with E-state index < -0.39 is 0 Å². The van der Waals surface area contributed by atoms with Gasteiger partial charge < -0.3 is 0 Å². The summed E-state index contributed by atoms with van der Waals surface area (Å²) in [6.45, 7) is 0. The molecule has 0 fully saturated rings. The predicted molar refractivity (Wildman–Crippen MR) is 234 cm³/mol. The highest BCUT2D eigenvalue weighted by atomic mass is 14.3. The van der Waals surface area contributed by atoms with Gasteiger partial charge in [-0.2, -0.15) is 0 Å². The lowest BCUT2D eigenvalue weighted by Crippen LogP contribution is -1.92. The smallest absolute Gasteiger partial charge is 0.000728 e. The van der Waals surface area contributed by atoms with E-state index in [2.05, 4.69) is 206 Å². The summed E-state index contributed by atoms with van der Waals surface area (Å²) in [5, 5.41) is 7.80. The van der Waals surface area contributed by atoms with Gasteiger partial charge in [0, 0.05) is 0 Å². The average molecular weight is 697 g/mol. The van der Waals surface area contributed by atoms with Crippen molar-refractivity contribution < 1.29 is 0 Å². The maximum atomic E-state index is 2.43. The molecule has 0 bridgehead atoms. The van der Waals surface area contributed by atoms with Crippen molar-refractivity contribution in [1.82, 2.24) is 0 Å². The third kappa shape index (κ3) is 5.38. The van der Waals surface area contributed by atoms with Crippen LogP contribution < -0.4 is 0 Å². The van der Waals surface area contributed by atoms with E-state index in [1.807, 2.05) is 0 Å². The van der Waals surface area contributed by atoms with E-state index in [9.17, 15) is 0 Å². The molecule has 0 spiro atoms. The van der Waals surface area contributed by atoms with Gasteiger partial charge in [-0.1, -0.05) is 176 Å². The fourth-order valence-electron chi connectivity index (χ4n) is 8.97. The van der Waals surface area contributed by atoms with Crippen molar-refractivity contribution in [3.63, 3.8) is 0 Å². The average Bonchev–Trinajstić information content (AvgIpc) is 3.65. The van der Waals surface area contributed by atoms with Crippen LogP contribution in [0.4, 0.5) is 0 Å². The molecule has 1 aliphatic carbocycles. The Hall–Kier alpha value is -7.02. The van der Waals surface area contributed by atoms with Crippen LogP contribution in [0, 0.1) is 0 Å².